The van der Waals surface area contributed by atoms with Crippen LogP contribution in [0.2, 0.25) is 0 Å². The molecule has 1 aliphatic rings. The minimum Gasteiger partial charge on any atom is -0.493 e. The van der Waals surface area contributed by atoms with Crippen LogP contribution in [0.5, 0.6) is 17.2 Å². The summed E-state index contributed by atoms with van der Waals surface area (Å²) in [7, 11) is 3.29. The first-order chi connectivity index (χ1) is 8.81. The number of benzene rings is 1. The molecular formula is C14H21NO3. The summed E-state index contributed by atoms with van der Waals surface area (Å²) in [5.74, 6) is 2.74. The van der Waals surface area contributed by atoms with Crippen molar-refractivity contribution in [3.63, 3.8) is 0 Å². The molecule has 1 fully saturated rings. The van der Waals surface area contributed by atoms with Crippen LogP contribution in [0.15, 0.2) is 12.1 Å². The number of hydrogen-bond acceptors (Lipinski definition) is 4. The molecule has 0 radical (unpaired) electrons. The number of hydrogen-bond donors (Lipinski definition) is 1. The van der Waals surface area contributed by atoms with Gasteiger partial charge in [0.25, 0.3) is 0 Å². The molecule has 1 aromatic carbocycles. The third-order valence-corrected chi connectivity index (χ3v) is 3.32. The van der Waals surface area contributed by atoms with E-state index >= 15 is 0 Å². The van der Waals surface area contributed by atoms with Gasteiger partial charge in [0.05, 0.1) is 20.8 Å². The lowest BCUT2D eigenvalue weighted by atomic mass is 9.96. The SMILES string of the molecule is CCOc1c(C2CCNC2)ccc(OC)c1OC. The van der Waals surface area contributed by atoms with E-state index in [4.69, 9.17) is 14.2 Å². The van der Waals surface area contributed by atoms with E-state index in [9.17, 15) is 0 Å². The zero-order chi connectivity index (χ0) is 13.0. The Hall–Kier alpha value is -1.42. The molecule has 1 saturated heterocycles. The largest absolute Gasteiger partial charge is 0.493 e. The highest BCUT2D eigenvalue weighted by atomic mass is 16.5. The maximum atomic E-state index is 5.78. The van der Waals surface area contributed by atoms with Gasteiger partial charge in [-0.25, -0.2) is 0 Å². The number of nitrogens with one attached hydrogen (secondary N) is 1. The van der Waals surface area contributed by atoms with Crippen LogP contribution in [0.4, 0.5) is 0 Å². The lowest BCUT2D eigenvalue weighted by Crippen LogP contribution is -2.10. The molecule has 100 valence electrons. The van der Waals surface area contributed by atoms with Crippen LogP contribution in [0.1, 0.15) is 24.8 Å². The van der Waals surface area contributed by atoms with Gasteiger partial charge >= 0.3 is 0 Å². The van der Waals surface area contributed by atoms with E-state index in [0.717, 1.165) is 31.0 Å². The first-order valence-electron chi connectivity index (χ1n) is 6.40. The Kier molecular flexibility index (Phi) is 4.31. The molecule has 4 nitrogen and oxygen atoms in total. The van der Waals surface area contributed by atoms with E-state index in [2.05, 4.69) is 11.4 Å². The lowest BCUT2D eigenvalue weighted by molar-refractivity contribution is 0.292. The zero-order valence-electron chi connectivity index (χ0n) is 11.3. The van der Waals surface area contributed by atoms with E-state index in [-0.39, 0.29) is 0 Å². The second-order valence-electron chi connectivity index (χ2n) is 4.34. The number of ether oxygens (including phenoxy) is 3. The molecular weight excluding hydrogens is 230 g/mol. The third kappa shape index (κ3) is 2.38. The molecule has 1 aliphatic heterocycles. The molecule has 0 aliphatic carbocycles. The Morgan fingerprint density at radius 3 is 2.61 bits per heavy atom. The Bertz CT molecular complexity index is 400. The second-order valence-corrected chi connectivity index (χ2v) is 4.34. The summed E-state index contributed by atoms with van der Waals surface area (Å²) in [4.78, 5) is 0. The van der Waals surface area contributed by atoms with Crippen molar-refractivity contribution >= 4 is 0 Å². The molecule has 1 N–H and O–H groups in total. The molecule has 0 bridgehead atoms. The number of methoxy groups -OCH3 is 2. The fourth-order valence-electron chi connectivity index (χ4n) is 2.45. The van der Waals surface area contributed by atoms with Gasteiger partial charge in [0.15, 0.2) is 11.5 Å². The van der Waals surface area contributed by atoms with Crippen LogP contribution >= 0.6 is 0 Å². The van der Waals surface area contributed by atoms with Gasteiger partial charge in [0.2, 0.25) is 5.75 Å². The summed E-state index contributed by atoms with van der Waals surface area (Å²) < 4.78 is 16.6. The molecule has 0 aromatic heterocycles. The van der Waals surface area contributed by atoms with Crippen molar-refractivity contribution in [3.05, 3.63) is 17.7 Å². The monoisotopic (exact) mass is 251 g/mol. The molecule has 18 heavy (non-hydrogen) atoms. The molecule has 2 rings (SSSR count). The van der Waals surface area contributed by atoms with Crippen LogP contribution < -0.4 is 19.5 Å². The Labute approximate surface area is 108 Å². The summed E-state index contributed by atoms with van der Waals surface area (Å²) in [6, 6.07) is 4.04. The van der Waals surface area contributed by atoms with Gasteiger partial charge in [-0.1, -0.05) is 6.07 Å². The van der Waals surface area contributed by atoms with Crippen LogP contribution in [0, 0.1) is 0 Å². The lowest BCUT2D eigenvalue weighted by Gasteiger charge is -2.19. The van der Waals surface area contributed by atoms with E-state index in [1.807, 2.05) is 13.0 Å². The van der Waals surface area contributed by atoms with Crippen molar-refractivity contribution in [1.29, 1.82) is 0 Å². The molecule has 0 amide bonds. The fraction of sp³-hybridized carbons (Fsp3) is 0.571. The Morgan fingerprint density at radius 2 is 2.06 bits per heavy atom. The second kappa shape index (κ2) is 5.96. The number of rotatable bonds is 5. The maximum Gasteiger partial charge on any atom is 0.203 e. The van der Waals surface area contributed by atoms with Gasteiger partial charge in [0.1, 0.15) is 0 Å². The highest BCUT2D eigenvalue weighted by molar-refractivity contribution is 5.57. The Balaban J connectivity index is 2.44. The van der Waals surface area contributed by atoms with E-state index in [1.54, 1.807) is 14.2 Å². The highest BCUT2D eigenvalue weighted by Crippen LogP contribution is 2.43. The van der Waals surface area contributed by atoms with Gasteiger partial charge in [-0.05, 0) is 26.0 Å². The van der Waals surface area contributed by atoms with E-state index < -0.39 is 0 Å². The van der Waals surface area contributed by atoms with E-state index in [0.29, 0.717) is 18.3 Å². The van der Waals surface area contributed by atoms with Gasteiger partial charge in [-0.2, -0.15) is 0 Å². The molecule has 0 saturated carbocycles. The average molecular weight is 251 g/mol. The molecule has 1 atom stereocenters. The molecule has 1 aromatic rings. The predicted molar refractivity (Wildman–Crippen MR) is 70.9 cm³/mol. The first-order valence-corrected chi connectivity index (χ1v) is 6.40. The highest BCUT2D eigenvalue weighted by Gasteiger charge is 2.24. The fourth-order valence-corrected chi connectivity index (χ4v) is 2.45. The van der Waals surface area contributed by atoms with Crippen LogP contribution in [-0.4, -0.2) is 33.9 Å². The van der Waals surface area contributed by atoms with Gasteiger partial charge in [0, 0.05) is 18.0 Å². The van der Waals surface area contributed by atoms with Crippen LogP contribution in [-0.2, 0) is 0 Å². The van der Waals surface area contributed by atoms with Gasteiger partial charge in [-0.15, -0.1) is 0 Å². The van der Waals surface area contributed by atoms with Crippen molar-refractivity contribution in [3.8, 4) is 17.2 Å². The van der Waals surface area contributed by atoms with Crippen molar-refractivity contribution in [2.45, 2.75) is 19.3 Å². The Morgan fingerprint density at radius 1 is 1.22 bits per heavy atom. The standard InChI is InChI=1S/C14H21NO3/c1-4-18-13-11(10-7-8-15-9-10)5-6-12(16-2)14(13)17-3/h5-6,10,15H,4,7-9H2,1-3H3. The normalized spacial score (nSPS) is 18.7. The topological polar surface area (TPSA) is 39.7 Å². The van der Waals surface area contributed by atoms with Crippen molar-refractivity contribution in [2.75, 3.05) is 33.9 Å². The third-order valence-electron chi connectivity index (χ3n) is 3.32. The summed E-state index contributed by atoms with van der Waals surface area (Å²) in [5, 5.41) is 3.38. The summed E-state index contributed by atoms with van der Waals surface area (Å²) in [6.07, 6.45) is 1.13. The van der Waals surface area contributed by atoms with Crippen LogP contribution in [0.25, 0.3) is 0 Å². The molecule has 0 spiro atoms. The van der Waals surface area contributed by atoms with Gasteiger partial charge in [-0.3, -0.25) is 0 Å². The smallest absolute Gasteiger partial charge is 0.203 e. The van der Waals surface area contributed by atoms with Crippen LogP contribution in [0.3, 0.4) is 0 Å². The molecule has 4 heteroatoms. The van der Waals surface area contributed by atoms with Crippen molar-refractivity contribution in [1.82, 2.24) is 5.32 Å². The zero-order valence-corrected chi connectivity index (χ0v) is 11.3. The average Bonchev–Trinajstić information content (AvgIpc) is 2.92. The minimum absolute atomic E-state index is 0.492. The summed E-state index contributed by atoms with van der Waals surface area (Å²) in [6.45, 7) is 4.66. The quantitative estimate of drug-likeness (QED) is 0.870. The predicted octanol–water partition coefficient (Wildman–Crippen LogP) is 2.18. The van der Waals surface area contributed by atoms with Gasteiger partial charge < -0.3 is 19.5 Å². The summed E-state index contributed by atoms with van der Waals surface area (Å²) in [5.41, 5.74) is 1.21. The first kappa shape index (κ1) is 13.0. The summed E-state index contributed by atoms with van der Waals surface area (Å²) >= 11 is 0. The molecule has 1 heterocycles. The van der Waals surface area contributed by atoms with E-state index in [1.165, 1.54) is 5.56 Å². The molecule has 1 unspecified atom stereocenters. The van der Waals surface area contributed by atoms with Crippen molar-refractivity contribution < 1.29 is 14.2 Å². The van der Waals surface area contributed by atoms with Crippen molar-refractivity contribution in [2.24, 2.45) is 0 Å². The maximum absolute atomic E-state index is 5.78. The minimum atomic E-state index is 0.492.